The average molecular weight is 371 g/mol. The molecular formula is C12H11BrN4O3S. The van der Waals surface area contributed by atoms with Gasteiger partial charge in [-0.25, -0.2) is 0 Å². The number of benzene rings is 1. The van der Waals surface area contributed by atoms with Crippen LogP contribution in [0.25, 0.3) is 0 Å². The van der Waals surface area contributed by atoms with Gasteiger partial charge in [0, 0.05) is 0 Å². The molecule has 0 saturated carbocycles. The van der Waals surface area contributed by atoms with Gasteiger partial charge in [-0.15, -0.1) is 0 Å². The molecule has 0 bridgehead atoms. The predicted octanol–water partition coefficient (Wildman–Crippen LogP) is 2.05. The van der Waals surface area contributed by atoms with Crippen molar-refractivity contribution < 1.29 is 9.84 Å². The Hall–Kier alpha value is -2.00. The average Bonchev–Trinajstić information content (AvgIpc) is 2.44. The van der Waals surface area contributed by atoms with Crippen LogP contribution in [0.2, 0.25) is 0 Å². The van der Waals surface area contributed by atoms with Crippen LogP contribution < -0.4 is 10.3 Å². The quantitative estimate of drug-likeness (QED) is 0.634. The largest absolute Gasteiger partial charge is 0.503 e. The lowest BCUT2D eigenvalue weighted by molar-refractivity contribution is 0.317. The van der Waals surface area contributed by atoms with Crippen molar-refractivity contribution in [2.24, 2.45) is 5.10 Å². The molecule has 0 atom stereocenters. The molecule has 1 aromatic carbocycles. The third-order valence-corrected chi connectivity index (χ3v) is 3.28. The van der Waals surface area contributed by atoms with E-state index in [1.165, 1.54) is 6.21 Å². The molecule has 0 unspecified atom stereocenters. The molecule has 0 aliphatic rings. The number of hydrogen-bond acceptors (Lipinski definition) is 6. The van der Waals surface area contributed by atoms with E-state index in [2.05, 4.69) is 31.2 Å². The van der Waals surface area contributed by atoms with Crippen molar-refractivity contribution in [2.45, 2.75) is 6.92 Å². The van der Waals surface area contributed by atoms with Crippen LogP contribution in [0, 0.1) is 4.77 Å². The number of nitrogens with zero attached hydrogens (tertiary/aromatic N) is 3. The van der Waals surface area contributed by atoms with Crippen LogP contribution in [-0.2, 0) is 0 Å². The van der Waals surface area contributed by atoms with Crippen LogP contribution in [0.15, 0.2) is 32.7 Å². The third kappa shape index (κ3) is 3.56. The smallest absolute Gasteiger partial charge is 0.293 e. The number of aromatic hydroxyl groups is 1. The fourth-order valence-corrected chi connectivity index (χ4v) is 2.16. The fourth-order valence-electron chi connectivity index (χ4n) is 1.51. The molecule has 7 nitrogen and oxygen atoms in total. The van der Waals surface area contributed by atoms with Crippen molar-refractivity contribution in [3.05, 3.63) is 43.5 Å². The highest BCUT2D eigenvalue weighted by Crippen LogP contribution is 2.34. The molecule has 0 radical (unpaired) electrons. The minimum atomic E-state index is -0.446. The van der Waals surface area contributed by atoms with Crippen molar-refractivity contribution in [2.75, 3.05) is 6.61 Å². The summed E-state index contributed by atoms with van der Waals surface area (Å²) >= 11 is 8.15. The number of halogens is 1. The highest BCUT2D eigenvalue weighted by molar-refractivity contribution is 9.10. The minimum Gasteiger partial charge on any atom is -0.503 e. The molecule has 0 aliphatic heterocycles. The number of phenols is 1. The molecule has 0 amide bonds. The Kier molecular flexibility index (Phi) is 4.86. The molecule has 1 heterocycles. The van der Waals surface area contributed by atoms with E-state index in [0.29, 0.717) is 22.4 Å². The van der Waals surface area contributed by atoms with E-state index in [1.54, 1.807) is 12.1 Å². The zero-order chi connectivity index (χ0) is 15.4. The second kappa shape index (κ2) is 6.64. The van der Waals surface area contributed by atoms with Crippen molar-refractivity contribution in [1.29, 1.82) is 0 Å². The van der Waals surface area contributed by atoms with Gasteiger partial charge in [-0.2, -0.15) is 14.9 Å². The van der Waals surface area contributed by atoms with E-state index < -0.39 is 5.56 Å². The summed E-state index contributed by atoms with van der Waals surface area (Å²) in [6, 6.07) is 3.24. The summed E-state index contributed by atoms with van der Waals surface area (Å²) in [5, 5.41) is 19.9. The molecule has 2 aromatic rings. The molecule has 110 valence electrons. The number of hydrogen-bond donors (Lipinski definition) is 2. The summed E-state index contributed by atoms with van der Waals surface area (Å²) in [6.45, 7) is 2.22. The fraction of sp³-hybridized carbons (Fsp3) is 0.167. The molecule has 1 aromatic heterocycles. The molecule has 2 N–H and O–H groups in total. The van der Waals surface area contributed by atoms with E-state index in [4.69, 9.17) is 17.0 Å². The van der Waals surface area contributed by atoms with Crippen LogP contribution in [-0.4, -0.2) is 32.8 Å². The standard InChI is InChI=1S/C12H11BrN4O3S/c1-2-20-9-4-7(3-8(13)11(9)19)5-15-17-10(18)6-14-16-12(17)21/h3-6,19H,2H2,1H3,(H,16,21)/b15-5+. The highest BCUT2D eigenvalue weighted by Gasteiger charge is 2.08. The maximum absolute atomic E-state index is 11.6. The summed E-state index contributed by atoms with van der Waals surface area (Å²) in [5.74, 6) is 0.327. The maximum atomic E-state index is 11.6. The van der Waals surface area contributed by atoms with Crippen molar-refractivity contribution in [1.82, 2.24) is 14.9 Å². The van der Waals surface area contributed by atoms with E-state index in [1.807, 2.05) is 6.92 Å². The molecular weight excluding hydrogens is 360 g/mol. The number of ether oxygens (including phenoxy) is 1. The summed E-state index contributed by atoms with van der Waals surface area (Å²) in [7, 11) is 0. The van der Waals surface area contributed by atoms with Gasteiger partial charge in [-0.05, 0) is 52.8 Å². The Balaban J connectivity index is 2.42. The zero-order valence-electron chi connectivity index (χ0n) is 10.9. The SMILES string of the molecule is CCOc1cc(/C=N/n2c(=O)cn[nH]c2=S)cc(Br)c1O. The Labute approximate surface area is 133 Å². The molecule has 0 spiro atoms. The van der Waals surface area contributed by atoms with Gasteiger partial charge in [-0.1, -0.05) is 0 Å². The topological polar surface area (TPSA) is 92.5 Å². The van der Waals surface area contributed by atoms with Gasteiger partial charge in [0.1, 0.15) is 6.20 Å². The Morgan fingerprint density at radius 2 is 2.38 bits per heavy atom. The van der Waals surface area contributed by atoms with Gasteiger partial charge in [0.05, 0.1) is 17.3 Å². The Bertz CT molecular complexity index is 772. The second-order valence-electron chi connectivity index (χ2n) is 3.85. The van der Waals surface area contributed by atoms with E-state index in [9.17, 15) is 9.90 Å². The van der Waals surface area contributed by atoms with E-state index in [-0.39, 0.29) is 10.5 Å². The first kappa shape index (κ1) is 15.4. The molecule has 9 heteroatoms. The lowest BCUT2D eigenvalue weighted by Gasteiger charge is -2.08. The second-order valence-corrected chi connectivity index (χ2v) is 5.09. The van der Waals surface area contributed by atoms with Gasteiger partial charge in [0.15, 0.2) is 11.5 Å². The summed E-state index contributed by atoms with van der Waals surface area (Å²) in [4.78, 5) is 11.6. The van der Waals surface area contributed by atoms with E-state index in [0.717, 1.165) is 10.9 Å². The van der Waals surface area contributed by atoms with Crippen molar-refractivity contribution in [3.8, 4) is 11.5 Å². The van der Waals surface area contributed by atoms with Crippen LogP contribution in [0.4, 0.5) is 0 Å². The number of aromatic amines is 1. The number of nitrogens with one attached hydrogen (secondary N) is 1. The first-order valence-electron chi connectivity index (χ1n) is 5.89. The van der Waals surface area contributed by atoms with Crippen molar-refractivity contribution >= 4 is 34.4 Å². The van der Waals surface area contributed by atoms with E-state index >= 15 is 0 Å². The Morgan fingerprint density at radius 1 is 1.62 bits per heavy atom. The van der Waals surface area contributed by atoms with Crippen molar-refractivity contribution in [3.63, 3.8) is 0 Å². The van der Waals surface area contributed by atoms with Gasteiger partial charge in [0.2, 0.25) is 4.77 Å². The van der Waals surface area contributed by atoms with Gasteiger partial charge in [-0.3, -0.25) is 9.89 Å². The van der Waals surface area contributed by atoms with Gasteiger partial charge >= 0.3 is 0 Å². The molecule has 0 fully saturated rings. The van der Waals surface area contributed by atoms with Gasteiger partial charge in [0.25, 0.3) is 5.56 Å². The van der Waals surface area contributed by atoms with Crippen LogP contribution in [0.3, 0.4) is 0 Å². The molecule has 2 rings (SSSR count). The maximum Gasteiger partial charge on any atom is 0.293 e. The molecule has 21 heavy (non-hydrogen) atoms. The number of H-pyrrole nitrogens is 1. The normalized spacial score (nSPS) is 11.0. The lowest BCUT2D eigenvalue weighted by Crippen LogP contribution is -2.18. The summed E-state index contributed by atoms with van der Waals surface area (Å²) < 4.78 is 6.86. The van der Waals surface area contributed by atoms with Crippen LogP contribution in [0.1, 0.15) is 12.5 Å². The first-order chi connectivity index (χ1) is 10.0. The monoisotopic (exact) mass is 370 g/mol. The highest BCUT2D eigenvalue weighted by atomic mass is 79.9. The number of rotatable bonds is 4. The molecule has 0 aliphatic carbocycles. The van der Waals surface area contributed by atoms with Crippen LogP contribution >= 0.6 is 28.1 Å². The lowest BCUT2D eigenvalue weighted by atomic mass is 10.2. The number of phenolic OH excluding ortho intramolecular Hbond substituents is 1. The number of aromatic nitrogens is 3. The summed E-state index contributed by atoms with van der Waals surface area (Å²) in [5.41, 5.74) is 0.180. The van der Waals surface area contributed by atoms with Crippen LogP contribution in [0.5, 0.6) is 11.5 Å². The zero-order valence-corrected chi connectivity index (χ0v) is 13.3. The summed E-state index contributed by atoms with van der Waals surface area (Å²) in [6.07, 6.45) is 2.50. The predicted molar refractivity (Wildman–Crippen MR) is 83.6 cm³/mol. The molecule has 0 saturated heterocycles. The minimum absolute atomic E-state index is 0.00682. The first-order valence-corrected chi connectivity index (χ1v) is 7.09. The Morgan fingerprint density at radius 3 is 3.05 bits per heavy atom. The third-order valence-electron chi connectivity index (χ3n) is 2.41. The van der Waals surface area contributed by atoms with Gasteiger partial charge < -0.3 is 9.84 Å².